The molecule has 112 valence electrons. The molecule has 0 saturated carbocycles. The van der Waals surface area contributed by atoms with Crippen molar-refractivity contribution in [2.24, 2.45) is 0 Å². The van der Waals surface area contributed by atoms with E-state index in [9.17, 15) is 9.59 Å². The second kappa shape index (κ2) is 4.51. The average Bonchev–Trinajstić information content (AvgIpc) is 2.80. The second-order valence-electron chi connectivity index (χ2n) is 5.02. The topological polar surface area (TPSA) is 113 Å². The third-order valence-corrected chi connectivity index (χ3v) is 3.64. The monoisotopic (exact) mass is 307 g/mol. The standard InChI is InChI=1S/C16H9N3O4/c17-13-10-5-2-6-11-12(10)14(18)19(13)23-16(21)9-4-1-3-8(7-9)15(20)22-11/h1-7,17-18H. The number of benzene rings is 2. The Hall–Kier alpha value is -3.48. The largest absolute Gasteiger partial charge is 0.422 e. The number of hydrogen-bond donors (Lipinski definition) is 2. The number of fused-ring (bicyclic) bond motifs is 3. The molecule has 0 atom stereocenters. The smallest absolute Gasteiger partial charge is 0.363 e. The van der Waals surface area contributed by atoms with Crippen LogP contribution in [-0.2, 0) is 0 Å². The Balaban J connectivity index is 2.41. The third-order valence-electron chi connectivity index (χ3n) is 3.64. The summed E-state index contributed by atoms with van der Waals surface area (Å²) in [4.78, 5) is 24.5. The zero-order valence-electron chi connectivity index (χ0n) is 11.6. The zero-order chi connectivity index (χ0) is 16.1. The van der Waals surface area contributed by atoms with E-state index in [1.165, 1.54) is 30.3 Å². The van der Waals surface area contributed by atoms with Crippen molar-refractivity contribution in [3.8, 4) is 0 Å². The van der Waals surface area contributed by atoms with Crippen molar-refractivity contribution in [2.45, 2.75) is 0 Å². The van der Waals surface area contributed by atoms with Crippen LogP contribution in [0.25, 0.3) is 21.7 Å². The molecular weight excluding hydrogens is 298 g/mol. The van der Waals surface area contributed by atoms with Crippen molar-refractivity contribution in [2.75, 3.05) is 0 Å². The van der Waals surface area contributed by atoms with Crippen LogP contribution in [0, 0.1) is 10.8 Å². The number of nitrogens with one attached hydrogen (secondary N) is 2. The van der Waals surface area contributed by atoms with Gasteiger partial charge in [-0.3, -0.25) is 10.8 Å². The summed E-state index contributed by atoms with van der Waals surface area (Å²) in [6.07, 6.45) is 0. The molecule has 0 spiro atoms. The molecule has 0 aromatic heterocycles. The van der Waals surface area contributed by atoms with E-state index in [1.54, 1.807) is 12.1 Å². The summed E-state index contributed by atoms with van der Waals surface area (Å²) in [6, 6.07) is 10.6. The van der Waals surface area contributed by atoms with Crippen molar-refractivity contribution in [3.05, 3.63) is 74.4 Å². The highest BCUT2D eigenvalue weighted by molar-refractivity contribution is 6.11. The molecule has 2 heterocycles. The van der Waals surface area contributed by atoms with Crippen LogP contribution in [0.15, 0.2) is 61.0 Å². The summed E-state index contributed by atoms with van der Waals surface area (Å²) in [7, 11) is 0. The van der Waals surface area contributed by atoms with Crippen LogP contribution < -0.4 is 16.7 Å². The first-order chi connectivity index (χ1) is 11.1. The molecule has 0 unspecified atom stereocenters. The molecule has 0 saturated heterocycles. The van der Waals surface area contributed by atoms with E-state index in [2.05, 4.69) is 0 Å². The average molecular weight is 307 g/mol. The molecule has 4 bridgehead atoms. The van der Waals surface area contributed by atoms with Gasteiger partial charge in [-0.1, -0.05) is 18.2 Å². The van der Waals surface area contributed by atoms with Crippen LogP contribution in [0.3, 0.4) is 0 Å². The quantitative estimate of drug-likeness (QED) is 0.512. The summed E-state index contributed by atoms with van der Waals surface area (Å²) in [5, 5.41) is 16.9. The van der Waals surface area contributed by atoms with E-state index < -0.39 is 11.3 Å². The van der Waals surface area contributed by atoms with Crippen LogP contribution in [0.4, 0.5) is 0 Å². The van der Waals surface area contributed by atoms with E-state index in [4.69, 9.17) is 19.8 Å². The number of aromatic nitrogens is 1. The lowest BCUT2D eigenvalue weighted by Gasteiger charge is -1.97. The molecule has 23 heavy (non-hydrogen) atoms. The fraction of sp³-hybridized carbons (Fsp3) is 0. The van der Waals surface area contributed by atoms with Gasteiger partial charge in [0, 0.05) is 5.39 Å². The summed E-state index contributed by atoms with van der Waals surface area (Å²) < 4.78 is 11.3. The van der Waals surface area contributed by atoms with Crippen LogP contribution in [0.2, 0.25) is 0 Å². The SMILES string of the molecule is N=C1c2c3cccc2c(=N)n1oc(=O)c1cccc(c1)c(=O)o3. The molecule has 0 radical (unpaired) electrons. The third kappa shape index (κ3) is 1.83. The van der Waals surface area contributed by atoms with E-state index in [-0.39, 0.29) is 33.2 Å². The Bertz CT molecular complexity index is 1250. The summed E-state index contributed by atoms with van der Waals surface area (Å²) in [5.74, 6) is -0.225. The van der Waals surface area contributed by atoms with Gasteiger partial charge in [0.15, 0.2) is 11.3 Å². The van der Waals surface area contributed by atoms with Crippen LogP contribution in [0.1, 0.15) is 5.56 Å². The summed E-state index contributed by atoms with van der Waals surface area (Å²) >= 11 is 0. The molecule has 2 aliphatic rings. The predicted molar refractivity (Wildman–Crippen MR) is 82.2 cm³/mol. The Morgan fingerprint density at radius 1 is 0.913 bits per heavy atom. The highest BCUT2D eigenvalue weighted by Crippen LogP contribution is 2.18. The first-order valence-electron chi connectivity index (χ1n) is 6.72. The Labute approximate surface area is 127 Å². The zero-order valence-corrected chi connectivity index (χ0v) is 11.6. The fourth-order valence-electron chi connectivity index (χ4n) is 2.54. The van der Waals surface area contributed by atoms with Crippen molar-refractivity contribution in [1.29, 1.82) is 10.8 Å². The molecule has 2 aromatic rings. The molecule has 0 fully saturated rings. The Morgan fingerprint density at radius 3 is 2.39 bits per heavy atom. The Morgan fingerprint density at radius 2 is 1.61 bits per heavy atom. The molecule has 0 aliphatic carbocycles. The van der Waals surface area contributed by atoms with E-state index in [0.717, 1.165) is 4.74 Å². The molecule has 2 aliphatic heterocycles. The van der Waals surface area contributed by atoms with Crippen LogP contribution in [-0.4, -0.2) is 10.6 Å². The molecule has 2 N–H and O–H groups in total. The normalized spacial score (nSPS) is 12.1. The minimum Gasteiger partial charge on any atom is -0.422 e. The van der Waals surface area contributed by atoms with E-state index in [0.29, 0.717) is 5.39 Å². The second-order valence-corrected chi connectivity index (χ2v) is 5.02. The van der Waals surface area contributed by atoms with Gasteiger partial charge in [0.05, 0.1) is 16.3 Å². The first kappa shape index (κ1) is 13.2. The van der Waals surface area contributed by atoms with Crippen molar-refractivity contribution >= 4 is 27.6 Å². The van der Waals surface area contributed by atoms with Crippen molar-refractivity contribution < 1.29 is 8.94 Å². The van der Waals surface area contributed by atoms with Crippen LogP contribution in [0.5, 0.6) is 0 Å². The summed E-state index contributed by atoms with van der Waals surface area (Å²) in [5.41, 5.74) is -1.17. The maximum Gasteiger partial charge on any atom is 0.363 e. The van der Waals surface area contributed by atoms with Crippen molar-refractivity contribution in [3.63, 3.8) is 0 Å². The molecule has 0 amide bonds. The van der Waals surface area contributed by atoms with Gasteiger partial charge < -0.3 is 8.94 Å². The number of nitrogens with zero attached hydrogens (tertiary/aromatic N) is 1. The van der Waals surface area contributed by atoms with E-state index >= 15 is 0 Å². The van der Waals surface area contributed by atoms with Gasteiger partial charge in [0.1, 0.15) is 5.58 Å². The maximum absolute atomic E-state index is 12.3. The van der Waals surface area contributed by atoms with Crippen LogP contribution >= 0.6 is 0 Å². The highest BCUT2D eigenvalue weighted by atomic mass is 16.5. The van der Waals surface area contributed by atoms with Gasteiger partial charge in [-0.15, -0.1) is 4.74 Å². The Kier molecular flexibility index (Phi) is 2.59. The summed E-state index contributed by atoms with van der Waals surface area (Å²) in [6.45, 7) is 0. The molecule has 7 nitrogen and oxygen atoms in total. The van der Waals surface area contributed by atoms with Gasteiger partial charge in [-0.05, 0) is 24.3 Å². The van der Waals surface area contributed by atoms with Gasteiger partial charge >= 0.3 is 11.3 Å². The number of hydrogen-bond acceptors (Lipinski definition) is 6. The minimum atomic E-state index is -0.759. The predicted octanol–water partition coefficient (Wildman–Crippen LogP) is 1.49. The minimum absolute atomic E-state index is 0.134. The fourth-order valence-corrected chi connectivity index (χ4v) is 2.54. The molecule has 7 heteroatoms. The van der Waals surface area contributed by atoms with Crippen molar-refractivity contribution in [1.82, 2.24) is 4.74 Å². The highest BCUT2D eigenvalue weighted by Gasteiger charge is 2.21. The molecule has 4 rings (SSSR count). The number of rotatable bonds is 0. The van der Waals surface area contributed by atoms with Gasteiger partial charge in [0.2, 0.25) is 0 Å². The lowest BCUT2D eigenvalue weighted by molar-refractivity contribution is 0.317. The molecule has 2 aromatic carbocycles. The first-order valence-corrected chi connectivity index (χ1v) is 6.72. The van der Waals surface area contributed by atoms with E-state index in [1.807, 2.05) is 0 Å². The lowest BCUT2D eigenvalue weighted by atomic mass is 10.1. The lowest BCUT2D eigenvalue weighted by Crippen LogP contribution is -2.20. The van der Waals surface area contributed by atoms with Gasteiger partial charge in [-0.2, -0.15) is 0 Å². The van der Waals surface area contributed by atoms with Gasteiger partial charge in [0.25, 0.3) is 0 Å². The van der Waals surface area contributed by atoms with Gasteiger partial charge in [-0.25, -0.2) is 9.59 Å². The maximum atomic E-state index is 12.3. The molecular formula is C16H9N3O4.